The van der Waals surface area contributed by atoms with E-state index in [-0.39, 0.29) is 0 Å². The van der Waals surface area contributed by atoms with E-state index >= 15 is 0 Å². The lowest BCUT2D eigenvalue weighted by Gasteiger charge is -2.38. The number of alkyl halides is 3. The van der Waals surface area contributed by atoms with Crippen LogP contribution in [0.4, 0.5) is 13.2 Å². The van der Waals surface area contributed by atoms with Crippen molar-refractivity contribution in [3.63, 3.8) is 0 Å². The van der Waals surface area contributed by atoms with Crippen LogP contribution in [0.2, 0.25) is 0 Å². The lowest BCUT2D eigenvalue weighted by atomic mass is 9.75. The van der Waals surface area contributed by atoms with Gasteiger partial charge in [-0.1, -0.05) is 13.3 Å². The highest BCUT2D eigenvalue weighted by Crippen LogP contribution is 2.35. The van der Waals surface area contributed by atoms with E-state index < -0.39 is 24.2 Å². The molecule has 0 unspecified atom stereocenters. The third kappa shape index (κ3) is 3.86. The van der Waals surface area contributed by atoms with Gasteiger partial charge in [-0.25, -0.2) is 0 Å². The summed E-state index contributed by atoms with van der Waals surface area (Å²) in [5.74, 6) is -0.0863. The second kappa shape index (κ2) is 5.91. The molecule has 0 saturated heterocycles. The minimum atomic E-state index is -4.32. The molecular formula is C12H20F3NO2. The molecule has 106 valence electrons. The smallest absolute Gasteiger partial charge is 0.401 e. The van der Waals surface area contributed by atoms with Crippen LogP contribution in [0.1, 0.15) is 39.0 Å². The third-order valence-corrected chi connectivity index (χ3v) is 3.74. The molecule has 6 heteroatoms. The second-order valence-corrected chi connectivity index (χ2v) is 4.89. The number of hydrogen-bond donors (Lipinski definition) is 1. The maximum Gasteiger partial charge on any atom is 0.401 e. The molecule has 1 aliphatic rings. The molecule has 1 N–H and O–H groups in total. The Morgan fingerprint density at radius 1 is 1.39 bits per heavy atom. The highest BCUT2D eigenvalue weighted by molar-refractivity contribution is 5.80. The van der Waals surface area contributed by atoms with Gasteiger partial charge in [0, 0.05) is 0 Å². The highest BCUT2D eigenvalue weighted by atomic mass is 19.4. The van der Waals surface area contributed by atoms with Crippen LogP contribution in [-0.2, 0) is 9.53 Å². The van der Waals surface area contributed by atoms with Crippen LogP contribution in [0.5, 0.6) is 0 Å². The van der Waals surface area contributed by atoms with Gasteiger partial charge >= 0.3 is 12.1 Å². The van der Waals surface area contributed by atoms with E-state index in [2.05, 4.69) is 17.0 Å². The average molecular weight is 267 g/mol. The number of rotatable bonds is 4. The van der Waals surface area contributed by atoms with Gasteiger partial charge in [-0.15, -0.1) is 0 Å². The number of ether oxygens (including phenoxy) is 1. The summed E-state index contributed by atoms with van der Waals surface area (Å²) in [5, 5.41) is 2.37. The summed E-state index contributed by atoms with van der Waals surface area (Å²) in [5.41, 5.74) is -1.16. The van der Waals surface area contributed by atoms with Crippen molar-refractivity contribution in [2.24, 2.45) is 5.92 Å². The van der Waals surface area contributed by atoms with Crippen LogP contribution in [0.25, 0.3) is 0 Å². The summed E-state index contributed by atoms with van der Waals surface area (Å²) in [4.78, 5) is 11.7. The lowest BCUT2D eigenvalue weighted by Crippen LogP contribution is -2.57. The Morgan fingerprint density at radius 3 is 2.33 bits per heavy atom. The summed E-state index contributed by atoms with van der Waals surface area (Å²) in [6, 6.07) is 0. The van der Waals surface area contributed by atoms with Gasteiger partial charge in [0.15, 0.2) is 0 Å². The van der Waals surface area contributed by atoms with Crippen molar-refractivity contribution in [2.75, 3.05) is 13.7 Å². The summed E-state index contributed by atoms with van der Waals surface area (Å²) >= 11 is 0. The number of halogens is 3. The molecule has 1 fully saturated rings. The maximum absolute atomic E-state index is 12.3. The monoisotopic (exact) mass is 267 g/mol. The van der Waals surface area contributed by atoms with Crippen molar-refractivity contribution in [2.45, 2.75) is 50.7 Å². The summed E-state index contributed by atoms with van der Waals surface area (Å²) in [7, 11) is 1.21. The average Bonchev–Trinajstić information content (AvgIpc) is 2.35. The van der Waals surface area contributed by atoms with Crippen molar-refractivity contribution in [3.8, 4) is 0 Å². The molecule has 18 heavy (non-hydrogen) atoms. The Balaban J connectivity index is 2.69. The van der Waals surface area contributed by atoms with Gasteiger partial charge in [-0.2, -0.15) is 13.2 Å². The number of nitrogens with one attached hydrogen (secondary N) is 1. The minimum Gasteiger partial charge on any atom is -0.468 e. The van der Waals surface area contributed by atoms with Gasteiger partial charge < -0.3 is 4.74 Å². The van der Waals surface area contributed by atoms with Crippen molar-refractivity contribution in [1.29, 1.82) is 0 Å². The minimum absolute atomic E-state index is 0.411. The fraction of sp³-hybridized carbons (Fsp3) is 0.917. The molecule has 0 bridgehead atoms. The summed E-state index contributed by atoms with van der Waals surface area (Å²) < 4.78 is 41.5. The van der Waals surface area contributed by atoms with Gasteiger partial charge in [0.25, 0.3) is 0 Å². The van der Waals surface area contributed by atoms with Crippen molar-refractivity contribution < 1.29 is 22.7 Å². The number of hydrogen-bond acceptors (Lipinski definition) is 3. The molecule has 0 aromatic rings. The Bertz CT molecular complexity index is 284. The van der Waals surface area contributed by atoms with Gasteiger partial charge in [-0.3, -0.25) is 10.1 Å². The molecular weight excluding hydrogens is 247 g/mol. The fourth-order valence-corrected chi connectivity index (χ4v) is 2.50. The fourth-order valence-electron chi connectivity index (χ4n) is 2.50. The molecule has 0 spiro atoms. The van der Waals surface area contributed by atoms with Gasteiger partial charge in [-0.05, 0) is 31.6 Å². The molecule has 0 atom stereocenters. The normalized spacial score (nSPS) is 29.1. The van der Waals surface area contributed by atoms with Crippen LogP contribution in [0, 0.1) is 5.92 Å². The molecule has 1 aliphatic carbocycles. The van der Waals surface area contributed by atoms with Crippen molar-refractivity contribution in [3.05, 3.63) is 0 Å². The summed E-state index contributed by atoms with van der Waals surface area (Å²) in [6.45, 7) is 0.901. The molecule has 3 nitrogen and oxygen atoms in total. The zero-order valence-electron chi connectivity index (χ0n) is 10.8. The molecule has 0 heterocycles. The van der Waals surface area contributed by atoms with E-state index in [0.29, 0.717) is 18.8 Å². The van der Waals surface area contributed by atoms with Gasteiger partial charge in [0.1, 0.15) is 5.54 Å². The Kier molecular flexibility index (Phi) is 5.01. The van der Waals surface area contributed by atoms with E-state index in [4.69, 9.17) is 0 Å². The van der Waals surface area contributed by atoms with Gasteiger partial charge in [0.2, 0.25) is 0 Å². The predicted octanol–water partition coefficient (Wildman–Crippen LogP) is 2.65. The first-order valence-corrected chi connectivity index (χ1v) is 6.23. The summed E-state index contributed by atoms with van der Waals surface area (Å²) in [6.07, 6.45) is -0.978. The van der Waals surface area contributed by atoms with Crippen molar-refractivity contribution >= 4 is 5.97 Å². The van der Waals surface area contributed by atoms with E-state index in [1.54, 1.807) is 0 Å². The SMILES string of the molecule is CCC1CCC(NCC(F)(F)F)(C(=O)OC)CC1. The lowest BCUT2D eigenvalue weighted by molar-refractivity contribution is -0.156. The first kappa shape index (κ1) is 15.3. The van der Waals surface area contributed by atoms with Crippen LogP contribution in [0.15, 0.2) is 0 Å². The number of methoxy groups -OCH3 is 1. The first-order chi connectivity index (χ1) is 8.33. The van der Waals surface area contributed by atoms with Crippen LogP contribution >= 0.6 is 0 Å². The van der Waals surface area contributed by atoms with Gasteiger partial charge in [0.05, 0.1) is 13.7 Å². The quantitative estimate of drug-likeness (QED) is 0.796. The van der Waals surface area contributed by atoms with E-state index in [0.717, 1.165) is 19.3 Å². The van der Waals surface area contributed by atoms with E-state index in [1.807, 2.05) is 0 Å². The molecule has 1 saturated carbocycles. The second-order valence-electron chi connectivity index (χ2n) is 4.89. The third-order valence-electron chi connectivity index (χ3n) is 3.74. The highest BCUT2D eigenvalue weighted by Gasteiger charge is 2.44. The van der Waals surface area contributed by atoms with Crippen molar-refractivity contribution in [1.82, 2.24) is 5.32 Å². The maximum atomic E-state index is 12.3. The molecule has 0 amide bonds. The zero-order valence-corrected chi connectivity index (χ0v) is 10.8. The Hall–Kier alpha value is -0.780. The molecule has 0 aromatic carbocycles. The molecule has 0 radical (unpaired) electrons. The predicted molar refractivity (Wildman–Crippen MR) is 61.1 cm³/mol. The Morgan fingerprint density at radius 2 is 1.94 bits per heavy atom. The van der Waals surface area contributed by atoms with E-state index in [9.17, 15) is 18.0 Å². The number of esters is 1. The zero-order chi connectivity index (χ0) is 13.8. The van der Waals surface area contributed by atoms with Crippen LogP contribution < -0.4 is 5.32 Å². The topological polar surface area (TPSA) is 38.3 Å². The van der Waals surface area contributed by atoms with Crippen LogP contribution in [0.3, 0.4) is 0 Å². The molecule has 0 aliphatic heterocycles. The molecule has 0 aromatic heterocycles. The largest absolute Gasteiger partial charge is 0.468 e. The van der Waals surface area contributed by atoms with E-state index in [1.165, 1.54) is 7.11 Å². The Labute approximate surface area is 105 Å². The standard InChI is InChI=1S/C12H20F3NO2/c1-3-9-4-6-11(7-5-9,10(17)18-2)16-8-12(13,14)15/h9,16H,3-8H2,1-2H3. The number of carbonyl (C=O) groups is 1. The number of carbonyl (C=O) groups excluding carboxylic acids is 1. The van der Waals surface area contributed by atoms with Crippen LogP contribution in [-0.4, -0.2) is 31.3 Å². The molecule has 1 rings (SSSR count). The first-order valence-electron chi connectivity index (χ1n) is 6.23.